The first-order chi connectivity index (χ1) is 9.67. The Labute approximate surface area is 119 Å². The highest BCUT2D eigenvalue weighted by molar-refractivity contribution is 5.54. The lowest BCUT2D eigenvalue weighted by atomic mass is 10.1. The molecule has 3 heterocycles. The number of hydrogen-bond donors (Lipinski definition) is 0. The highest BCUT2D eigenvalue weighted by Gasteiger charge is 2.32. The standard InChI is InChI=1S/C15H20N4O/c1-11-3-4-13(5-16)15(17-11)19-7-12-6-18(2)14(8-19)10-20-9-12/h3-4,12,14H,6-10H2,1-2H3/t12-,14+/m1/s1. The van der Waals surface area contributed by atoms with Crippen molar-refractivity contribution in [2.75, 3.05) is 44.8 Å². The maximum absolute atomic E-state index is 9.31. The highest BCUT2D eigenvalue weighted by Crippen LogP contribution is 2.25. The molecule has 1 aromatic heterocycles. The Morgan fingerprint density at radius 1 is 1.30 bits per heavy atom. The van der Waals surface area contributed by atoms with Gasteiger partial charge in [0.2, 0.25) is 0 Å². The summed E-state index contributed by atoms with van der Waals surface area (Å²) in [6.45, 7) is 6.36. The van der Waals surface area contributed by atoms with Crippen LogP contribution in [0.1, 0.15) is 11.3 Å². The zero-order valence-electron chi connectivity index (χ0n) is 12.0. The summed E-state index contributed by atoms with van der Waals surface area (Å²) in [5.74, 6) is 1.31. The van der Waals surface area contributed by atoms with Crippen LogP contribution in [0.5, 0.6) is 0 Å². The van der Waals surface area contributed by atoms with Crippen LogP contribution < -0.4 is 4.90 Å². The van der Waals surface area contributed by atoms with Gasteiger partial charge in [-0.1, -0.05) is 0 Å². The number of anilines is 1. The summed E-state index contributed by atoms with van der Waals surface area (Å²) in [5.41, 5.74) is 1.62. The van der Waals surface area contributed by atoms with Gasteiger partial charge in [0, 0.05) is 31.2 Å². The predicted octanol–water partition coefficient (Wildman–Crippen LogP) is 1.03. The van der Waals surface area contributed by atoms with Crippen LogP contribution in [0, 0.1) is 24.2 Å². The van der Waals surface area contributed by atoms with Crippen molar-refractivity contribution in [3.05, 3.63) is 23.4 Å². The molecular formula is C15H20N4O. The molecule has 2 fully saturated rings. The third-order valence-electron chi connectivity index (χ3n) is 4.18. The monoisotopic (exact) mass is 272 g/mol. The first kappa shape index (κ1) is 13.3. The zero-order chi connectivity index (χ0) is 14.1. The summed E-state index contributed by atoms with van der Waals surface area (Å²) in [4.78, 5) is 9.25. The van der Waals surface area contributed by atoms with E-state index in [1.165, 1.54) is 0 Å². The Hall–Kier alpha value is -1.64. The van der Waals surface area contributed by atoms with E-state index < -0.39 is 0 Å². The average Bonchev–Trinajstić information content (AvgIpc) is 2.67. The zero-order valence-corrected chi connectivity index (χ0v) is 12.0. The van der Waals surface area contributed by atoms with Crippen molar-refractivity contribution in [2.24, 2.45) is 5.92 Å². The van der Waals surface area contributed by atoms with E-state index in [9.17, 15) is 5.26 Å². The SMILES string of the molecule is Cc1ccc(C#N)c(N2C[C@@H]3COC[C@H](C2)N(C)C3)n1. The Morgan fingerprint density at radius 3 is 2.95 bits per heavy atom. The number of pyridine rings is 1. The third kappa shape index (κ3) is 2.49. The molecule has 106 valence electrons. The summed E-state index contributed by atoms with van der Waals surface area (Å²) in [7, 11) is 2.16. The molecule has 0 aliphatic carbocycles. The topological polar surface area (TPSA) is 52.4 Å². The predicted molar refractivity (Wildman–Crippen MR) is 76.6 cm³/mol. The van der Waals surface area contributed by atoms with E-state index in [1.807, 2.05) is 19.1 Å². The van der Waals surface area contributed by atoms with Crippen LogP contribution in [-0.4, -0.2) is 55.8 Å². The smallest absolute Gasteiger partial charge is 0.146 e. The van der Waals surface area contributed by atoms with Crippen molar-refractivity contribution in [3.8, 4) is 6.07 Å². The lowest BCUT2D eigenvalue weighted by molar-refractivity contribution is 0.0930. The largest absolute Gasteiger partial charge is 0.379 e. The number of rotatable bonds is 1. The Kier molecular flexibility index (Phi) is 3.60. The van der Waals surface area contributed by atoms with Crippen molar-refractivity contribution in [3.63, 3.8) is 0 Å². The Bertz CT molecular complexity index is 539. The van der Waals surface area contributed by atoms with Crippen LogP contribution in [-0.2, 0) is 4.74 Å². The molecule has 2 saturated heterocycles. The summed E-state index contributed by atoms with van der Waals surface area (Å²) in [5, 5.41) is 9.31. The van der Waals surface area contributed by atoms with Crippen LogP contribution in [0.25, 0.3) is 0 Å². The first-order valence-corrected chi connectivity index (χ1v) is 7.08. The first-order valence-electron chi connectivity index (χ1n) is 7.08. The molecule has 0 radical (unpaired) electrons. The number of aryl methyl sites for hydroxylation is 1. The van der Waals surface area contributed by atoms with Gasteiger partial charge in [-0.3, -0.25) is 4.90 Å². The Balaban J connectivity index is 1.95. The van der Waals surface area contributed by atoms with Gasteiger partial charge in [-0.05, 0) is 26.1 Å². The number of nitrogens with zero attached hydrogens (tertiary/aromatic N) is 4. The summed E-state index contributed by atoms with van der Waals surface area (Å²) in [6.07, 6.45) is 0. The van der Waals surface area contributed by atoms with Gasteiger partial charge in [0.15, 0.2) is 0 Å². The van der Waals surface area contributed by atoms with Crippen molar-refractivity contribution < 1.29 is 4.74 Å². The molecule has 0 spiro atoms. The maximum Gasteiger partial charge on any atom is 0.146 e. The fourth-order valence-electron chi connectivity index (χ4n) is 3.09. The molecule has 2 bridgehead atoms. The molecule has 0 aromatic carbocycles. The Morgan fingerprint density at radius 2 is 2.15 bits per heavy atom. The highest BCUT2D eigenvalue weighted by atomic mass is 16.5. The van der Waals surface area contributed by atoms with E-state index in [4.69, 9.17) is 4.74 Å². The van der Waals surface area contributed by atoms with E-state index >= 15 is 0 Å². The molecule has 0 unspecified atom stereocenters. The van der Waals surface area contributed by atoms with Crippen LogP contribution in [0.15, 0.2) is 12.1 Å². The minimum absolute atomic E-state index is 0.372. The molecule has 0 amide bonds. The fourth-order valence-corrected chi connectivity index (χ4v) is 3.09. The molecule has 2 aliphatic heterocycles. The third-order valence-corrected chi connectivity index (χ3v) is 4.18. The second-order valence-electron chi connectivity index (χ2n) is 5.84. The van der Waals surface area contributed by atoms with Gasteiger partial charge >= 0.3 is 0 Å². The quantitative estimate of drug-likeness (QED) is 0.764. The van der Waals surface area contributed by atoms with E-state index in [1.54, 1.807) is 0 Å². The van der Waals surface area contributed by atoms with Crippen molar-refractivity contribution in [1.29, 1.82) is 5.26 Å². The fraction of sp³-hybridized carbons (Fsp3) is 0.600. The molecule has 2 aliphatic rings. The number of aromatic nitrogens is 1. The number of ether oxygens (including phenoxy) is 1. The summed E-state index contributed by atoms with van der Waals surface area (Å²) >= 11 is 0. The van der Waals surface area contributed by atoms with Gasteiger partial charge < -0.3 is 9.64 Å². The van der Waals surface area contributed by atoms with E-state index in [-0.39, 0.29) is 0 Å². The van der Waals surface area contributed by atoms with E-state index in [0.717, 1.165) is 44.4 Å². The number of fused-ring (bicyclic) bond motifs is 3. The van der Waals surface area contributed by atoms with Crippen LogP contribution in [0.2, 0.25) is 0 Å². The van der Waals surface area contributed by atoms with Gasteiger partial charge in [-0.25, -0.2) is 4.98 Å². The van der Waals surface area contributed by atoms with E-state index in [2.05, 4.69) is 27.9 Å². The summed E-state index contributed by atoms with van der Waals surface area (Å²) < 4.78 is 5.74. The number of likely N-dealkylation sites (N-methyl/N-ethyl adjacent to an activating group) is 1. The maximum atomic E-state index is 9.31. The lowest BCUT2D eigenvalue weighted by Gasteiger charge is -2.31. The average molecular weight is 272 g/mol. The molecule has 0 N–H and O–H groups in total. The van der Waals surface area contributed by atoms with E-state index in [0.29, 0.717) is 17.5 Å². The minimum atomic E-state index is 0.372. The lowest BCUT2D eigenvalue weighted by Crippen LogP contribution is -2.42. The van der Waals surface area contributed by atoms with Gasteiger partial charge in [0.1, 0.15) is 11.9 Å². The molecule has 2 atom stereocenters. The molecule has 3 rings (SSSR count). The van der Waals surface area contributed by atoms with Gasteiger partial charge in [-0.15, -0.1) is 0 Å². The molecule has 20 heavy (non-hydrogen) atoms. The van der Waals surface area contributed by atoms with Crippen molar-refractivity contribution in [1.82, 2.24) is 9.88 Å². The molecule has 5 heteroatoms. The normalized spacial score (nSPS) is 26.9. The van der Waals surface area contributed by atoms with Crippen molar-refractivity contribution in [2.45, 2.75) is 13.0 Å². The van der Waals surface area contributed by atoms with Gasteiger partial charge in [0.25, 0.3) is 0 Å². The minimum Gasteiger partial charge on any atom is -0.379 e. The van der Waals surface area contributed by atoms with Crippen molar-refractivity contribution >= 4 is 5.82 Å². The second kappa shape index (κ2) is 5.39. The van der Waals surface area contributed by atoms with Crippen LogP contribution in [0.3, 0.4) is 0 Å². The van der Waals surface area contributed by atoms with Gasteiger partial charge in [-0.2, -0.15) is 5.26 Å². The van der Waals surface area contributed by atoms with Crippen LogP contribution in [0.4, 0.5) is 5.82 Å². The number of nitriles is 1. The number of hydrogen-bond acceptors (Lipinski definition) is 5. The molecular weight excluding hydrogens is 252 g/mol. The molecule has 1 aromatic rings. The molecule has 0 saturated carbocycles. The van der Waals surface area contributed by atoms with Crippen LogP contribution >= 0.6 is 0 Å². The second-order valence-corrected chi connectivity index (χ2v) is 5.84. The van der Waals surface area contributed by atoms with Gasteiger partial charge in [0.05, 0.1) is 24.8 Å². The molecule has 5 nitrogen and oxygen atoms in total. The summed E-state index contributed by atoms with van der Waals surface area (Å²) in [6, 6.07) is 6.41.